The predicted molar refractivity (Wildman–Crippen MR) is 79.9 cm³/mol. The molecule has 0 amide bonds. The largest absolute Gasteiger partial charge is 0.345 e. The molecule has 1 fully saturated rings. The Kier molecular flexibility index (Phi) is 2.49. The molecule has 0 saturated heterocycles. The summed E-state index contributed by atoms with van der Waals surface area (Å²) in [6.07, 6.45) is 3.94. The van der Waals surface area contributed by atoms with Crippen LogP contribution in [-0.2, 0) is 0 Å². The minimum absolute atomic E-state index is 0.407. The summed E-state index contributed by atoms with van der Waals surface area (Å²) >= 11 is 0. The van der Waals surface area contributed by atoms with Crippen molar-refractivity contribution in [2.75, 3.05) is 0 Å². The maximum atomic E-state index is 5.46. The Bertz CT molecular complexity index is 807. The van der Waals surface area contributed by atoms with Crippen LogP contribution in [0.3, 0.4) is 0 Å². The second-order valence-corrected chi connectivity index (χ2v) is 6.82. The van der Waals surface area contributed by atoms with Gasteiger partial charge in [0.1, 0.15) is 0 Å². The Morgan fingerprint density at radius 3 is 2.86 bits per heavy atom. The van der Waals surface area contributed by atoms with E-state index in [0.717, 1.165) is 40.9 Å². The fourth-order valence-electron chi connectivity index (χ4n) is 3.32. The highest BCUT2D eigenvalue weighted by Crippen LogP contribution is 2.50. The molecule has 5 nitrogen and oxygen atoms in total. The van der Waals surface area contributed by atoms with Gasteiger partial charge in [-0.05, 0) is 42.9 Å². The van der Waals surface area contributed by atoms with Gasteiger partial charge >= 0.3 is 0 Å². The third kappa shape index (κ3) is 2.04. The molecule has 5 heteroatoms. The standard InChI is InChI=1S/C16H18N4O/c1-9-4-10(5-12-13(9)18-8-17-12)14-19-15(21-20-14)11-6-16(2,3)7-11/h4-5,8,11H,6-7H2,1-3H3,(H,17,18). The number of fused-ring (bicyclic) bond motifs is 1. The van der Waals surface area contributed by atoms with Gasteiger partial charge in [-0.2, -0.15) is 4.98 Å². The average Bonchev–Trinajstić information content (AvgIpc) is 3.04. The minimum atomic E-state index is 0.407. The quantitative estimate of drug-likeness (QED) is 0.775. The van der Waals surface area contributed by atoms with E-state index < -0.39 is 0 Å². The molecule has 2 aromatic heterocycles. The number of nitrogens with one attached hydrogen (secondary N) is 1. The van der Waals surface area contributed by atoms with E-state index in [2.05, 4.69) is 40.0 Å². The van der Waals surface area contributed by atoms with Crippen LogP contribution in [0.1, 0.15) is 44.1 Å². The molecule has 0 atom stereocenters. The van der Waals surface area contributed by atoms with Gasteiger partial charge in [0.05, 0.1) is 17.4 Å². The van der Waals surface area contributed by atoms with Crippen LogP contribution in [0.25, 0.3) is 22.4 Å². The van der Waals surface area contributed by atoms with Gasteiger partial charge in [-0.15, -0.1) is 0 Å². The molecule has 108 valence electrons. The van der Waals surface area contributed by atoms with Gasteiger partial charge in [-0.3, -0.25) is 0 Å². The number of imidazole rings is 1. The second-order valence-electron chi connectivity index (χ2n) is 6.82. The minimum Gasteiger partial charge on any atom is -0.345 e. The van der Waals surface area contributed by atoms with E-state index in [1.807, 2.05) is 13.0 Å². The van der Waals surface area contributed by atoms with Crippen molar-refractivity contribution in [1.82, 2.24) is 20.1 Å². The molecule has 1 aliphatic carbocycles. The lowest BCUT2D eigenvalue weighted by Gasteiger charge is -2.40. The van der Waals surface area contributed by atoms with E-state index in [-0.39, 0.29) is 0 Å². The summed E-state index contributed by atoms with van der Waals surface area (Å²) in [5, 5.41) is 4.15. The zero-order chi connectivity index (χ0) is 14.6. The highest BCUT2D eigenvalue weighted by Gasteiger charge is 2.40. The molecule has 0 unspecified atom stereocenters. The van der Waals surface area contributed by atoms with Gasteiger partial charge in [0.2, 0.25) is 11.7 Å². The highest BCUT2D eigenvalue weighted by atomic mass is 16.5. The van der Waals surface area contributed by atoms with Gasteiger partial charge in [0.15, 0.2) is 0 Å². The lowest BCUT2D eigenvalue weighted by Crippen LogP contribution is -2.29. The number of aromatic nitrogens is 4. The van der Waals surface area contributed by atoms with E-state index in [0.29, 0.717) is 17.2 Å². The predicted octanol–water partition coefficient (Wildman–Crippen LogP) is 3.82. The number of hydrogen-bond acceptors (Lipinski definition) is 4. The number of benzene rings is 1. The van der Waals surface area contributed by atoms with Gasteiger partial charge in [-0.25, -0.2) is 4.98 Å². The van der Waals surface area contributed by atoms with Crippen LogP contribution in [0, 0.1) is 12.3 Å². The zero-order valence-corrected chi connectivity index (χ0v) is 12.5. The van der Waals surface area contributed by atoms with E-state index in [4.69, 9.17) is 4.52 Å². The molecule has 0 bridgehead atoms. The summed E-state index contributed by atoms with van der Waals surface area (Å²) < 4.78 is 5.46. The van der Waals surface area contributed by atoms with Crippen molar-refractivity contribution in [1.29, 1.82) is 0 Å². The Balaban J connectivity index is 1.68. The van der Waals surface area contributed by atoms with Crippen LogP contribution in [-0.4, -0.2) is 20.1 Å². The molecule has 1 aliphatic rings. The number of aryl methyl sites for hydroxylation is 1. The van der Waals surface area contributed by atoms with Crippen molar-refractivity contribution in [3.8, 4) is 11.4 Å². The van der Waals surface area contributed by atoms with E-state index in [1.165, 1.54) is 0 Å². The zero-order valence-electron chi connectivity index (χ0n) is 12.5. The fraction of sp³-hybridized carbons (Fsp3) is 0.438. The van der Waals surface area contributed by atoms with Gasteiger partial charge < -0.3 is 9.51 Å². The Morgan fingerprint density at radius 2 is 2.10 bits per heavy atom. The summed E-state index contributed by atoms with van der Waals surface area (Å²) in [5.74, 6) is 1.85. The Labute approximate surface area is 122 Å². The normalized spacial score (nSPS) is 18.0. The molecule has 0 radical (unpaired) electrons. The first-order valence-corrected chi connectivity index (χ1v) is 7.29. The maximum absolute atomic E-state index is 5.46. The van der Waals surface area contributed by atoms with Gasteiger partial charge in [0, 0.05) is 11.5 Å². The first-order chi connectivity index (χ1) is 10.0. The number of hydrogen-bond donors (Lipinski definition) is 1. The lowest BCUT2D eigenvalue weighted by atomic mass is 9.64. The van der Waals surface area contributed by atoms with Crippen LogP contribution in [0.15, 0.2) is 23.0 Å². The van der Waals surface area contributed by atoms with Crippen molar-refractivity contribution < 1.29 is 4.52 Å². The van der Waals surface area contributed by atoms with Crippen LogP contribution < -0.4 is 0 Å². The Morgan fingerprint density at radius 1 is 1.29 bits per heavy atom. The van der Waals surface area contributed by atoms with Crippen LogP contribution >= 0.6 is 0 Å². The third-order valence-corrected chi connectivity index (χ3v) is 4.36. The van der Waals surface area contributed by atoms with E-state index >= 15 is 0 Å². The molecule has 0 spiro atoms. The molecule has 1 aromatic carbocycles. The van der Waals surface area contributed by atoms with Crippen molar-refractivity contribution in [3.05, 3.63) is 29.9 Å². The number of nitrogens with zero attached hydrogens (tertiary/aromatic N) is 3. The van der Waals surface area contributed by atoms with Gasteiger partial charge in [-0.1, -0.05) is 19.0 Å². The summed E-state index contributed by atoms with van der Waals surface area (Å²) in [7, 11) is 0. The molecule has 2 heterocycles. The van der Waals surface area contributed by atoms with Crippen molar-refractivity contribution >= 4 is 11.0 Å². The molecule has 1 saturated carbocycles. The molecule has 0 aliphatic heterocycles. The smallest absolute Gasteiger partial charge is 0.230 e. The van der Waals surface area contributed by atoms with Gasteiger partial charge in [0.25, 0.3) is 0 Å². The number of rotatable bonds is 2. The lowest BCUT2D eigenvalue weighted by molar-refractivity contribution is 0.124. The molecular formula is C16H18N4O. The fourth-order valence-corrected chi connectivity index (χ4v) is 3.32. The monoisotopic (exact) mass is 282 g/mol. The van der Waals surface area contributed by atoms with E-state index in [9.17, 15) is 0 Å². The maximum Gasteiger partial charge on any atom is 0.230 e. The molecule has 21 heavy (non-hydrogen) atoms. The first-order valence-electron chi connectivity index (χ1n) is 7.29. The highest BCUT2D eigenvalue weighted by molar-refractivity contribution is 5.83. The summed E-state index contributed by atoms with van der Waals surface area (Å²) in [6.45, 7) is 6.59. The average molecular weight is 282 g/mol. The SMILES string of the molecule is Cc1cc(-c2noc(C3CC(C)(C)C3)n2)cc2[nH]cnc12. The number of aromatic amines is 1. The summed E-state index contributed by atoms with van der Waals surface area (Å²) in [4.78, 5) is 12.0. The third-order valence-electron chi connectivity index (χ3n) is 4.36. The summed E-state index contributed by atoms with van der Waals surface area (Å²) in [5.41, 5.74) is 4.48. The summed E-state index contributed by atoms with van der Waals surface area (Å²) in [6, 6.07) is 4.08. The molecule has 3 aromatic rings. The van der Waals surface area contributed by atoms with Crippen LogP contribution in [0.2, 0.25) is 0 Å². The second kappa shape index (κ2) is 4.16. The topological polar surface area (TPSA) is 67.6 Å². The van der Waals surface area contributed by atoms with Crippen molar-refractivity contribution in [2.45, 2.75) is 39.5 Å². The van der Waals surface area contributed by atoms with E-state index in [1.54, 1.807) is 6.33 Å². The molecule has 4 rings (SSSR count). The van der Waals surface area contributed by atoms with Crippen LogP contribution in [0.5, 0.6) is 0 Å². The van der Waals surface area contributed by atoms with Crippen molar-refractivity contribution in [3.63, 3.8) is 0 Å². The Hall–Kier alpha value is -2.17. The number of H-pyrrole nitrogens is 1. The molecular weight excluding hydrogens is 264 g/mol. The van der Waals surface area contributed by atoms with Crippen molar-refractivity contribution in [2.24, 2.45) is 5.41 Å². The van der Waals surface area contributed by atoms with Crippen LogP contribution in [0.4, 0.5) is 0 Å². The first kappa shape index (κ1) is 12.6. The molecule has 1 N–H and O–H groups in total.